The fourth-order valence-corrected chi connectivity index (χ4v) is 7.20. The molecule has 2 aromatic heterocycles. The molecule has 0 aliphatic rings. The van der Waals surface area contributed by atoms with Crippen LogP contribution in [-0.2, 0) is 29.2 Å². The first-order valence-electron chi connectivity index (χ1n) is 18.0. The first kappa shape index (κ1) is 39.7. The van der Waals surface area contributed by atoms with Gasteiger partial charge in [-0.05, 0) is 67.8 Å². The standard InChI is InChI=1S/C43H49F2N3O4S/c1-26(2)38(49)34-24-48(23-32-35(44)15-12-16-36(32)45)42-37(39(34)50)33(22-47(8)21-29-13-10-9-11-14-29)40(53-42)30-17-19-31(20-18-30)46-41(51)28(5)25-52-43(6,7)27(3)4/h9-20,24,26-28H,21-23,25H2,1-8H3,(H,46,51)/t28-/m0/s1. The van der Waals surface area contributed by atoms with Crippen LogP contribution in [0, 0.1) is 29.4 Å². The zero-order valence-electron chi connectivity index (χ0n) is 31.8. The maximum absolute atomic E-state index is 15.0. The van der Waals surface area contributed by atoms with E-state index in [9.17, 15) is 14.4 Å². The summed E-state index contributed by atoms with van der Waals surface area (Å²) in [4.78, 5) is 44.3. The molecule has 0 unspecified atom stereocenters. The number of hydrogen-bond acceptors (Lipinski definition) is 6. The van der Waals surface area contributed by atoms with Crippen molar-refractivity contribution in [1.29, 1.82) is 0 Å². The predicted octanol–water partition coefficient (Wildman–Crippen LogP) is 9.55. The Bertz CT molecular complexity index is 2120. The molecule has 1 amide bonds. The van der Waals surface area contributed by atoms with Crippen molar-refractivity contribution in [3.8, 4) is 10.4 Å². The molecule has 10 heteroatoms. The number of nitrogens with one attached hydrogen (secondary N) is 1. The number of hydrogen-bond donors (Lipinski definition) is 1. The molecule has 1 N–H and O–H groups in total. The van der Waals surface area contributed by atoms with Crippen LogP contribution in [0.4, 0.5) is 14.5 Å². The zero-order chi connectivity index (χ0) is 38.6. The highest BCUT2D eigenvalue weighted by atomic mass is 32.1. The number of ether oxygens (including phenoxy) is 1. The summed E-state index contributed by atoms with van der Waals surface area (Å²) in [5, 5.41) is 3.34. The van der Waals surface area contributed by atoms with E-state index in [0.717, 1.165) is 16.0 Å². The lowest BCUT2D eigenvalue weighted by molar-refractivity contribution is -0.125. The van der Waals surface area contributed by atoms with E-state index in [2.05, 4.69) is 24.1 Å². The highest BCUT2D eigenvalue weighted by Gasteiger charge is 2.27. The van der Waals surface area contributed by atoms with Crippen LogP contribution in [0.1, 0.15) is 75.5 Å². The first-order valence-corrected chi connectivity index (χ1v) is 18.8. The van der Waals surface area contributed by atoms with E-state index in [-0.39, 0.29) is 53.4 Å². The van der Waals surface area contributed by atoms with E-state index in [1.165, 1.54) is 35.7 Å². The Balaban J connectivity index is 1.59. The molecule has 7 nitrogen and oxygen atoms in total. The molecular formula is C43H49F2N3O4S. The first-order chi connectivity index (χ1) is 25.1. The van der Waals surface area contributed by atoms with E-state index < -0.39 is 23.0 Å². The number of anilines is 1. The Kier molecular flexibility index (Phi) is 12.5. The molecule has 53 heavy (non-hydrogen) atoms. The molecule has 3 aromatic carbocycles. The molecule has 0 bridgehead atoms. The van der Waals surface area contributed by atoms with E-state index in [1.54, 1.807) is 18.4 Å². The van der Waals surface area contributed by atoms with E-state index >= 15 is 8.78 Å². The third-order valence-electron chi connectivity index (χ3n) is 9.87. The SMILES string of the molecule is CC(C)C(=O)c1cn(Cc2c(F)cccc2F)c2sc(-c3ccc(NC(=O)[C@@H](C)COC(C)(C)C(C)C)cc3)c(CN(C)Cc3ccccc3)c2c1=O. The molecule has 5 aromatic rings. The number of aromatic nitrogens is 1. The van der Waals surface area contributed by atoms with Crippen molar-refractivity contribution < 1.29 is 23.1 Å². The third-order valence-corrected chi connectivity index (χ3v) is 11.2. The molecule has 1 atom stereocenters. The summed E-state index contributed by atoms with van der Waals surface area (Å²) in [6.45, 7) is 14.5. The second-order valence-corrected chi connectivity index (χ2v) is 16.0. The molecule has 0 aliphatic heterocycles. The molecule has 0 saturated heterocycles. The smallest absolute Gasteiger partial charge is 0.229 e. The van der Waals surface area contributed by atoms with E-state index in [0.29, 0.717) is 34.6 Å². The number of benzene rings is 3. The van der Waals surface area contributed by atoms with Gasteiger partial charge >= 0.3 is 0 Å². The Hall–Kier alpha value is -4.51. The van der Waals surface area contributed by atoms with Gasteiger partial charge in [0.15, 0.2) is 5.78 Å². The number of fused-ring (bicyclic) bond motifs is 1. The van der Waals surface area contributed by atoms with E-state index in [1.807, 2.05) is 82.4 Å². The van der Waals surface area contributed by atoms with Crippen molar-refractivity contribution in [2.75, 3.05) is 19.0 Å². The molecule has 0 radical (unpaired) electrons. The number of amides is 1. The monoisotopic (exact) mass is 741 g/mol. The van der Waals surface area contributed by atoms with Crippen molar-refractivity contribution in [2.24, 2.45) is 17.8 Å². The lowest BCUT2D eigenvalue weighted by atomic mass is 9.94. The van der Waals surface area contributed by atoms with Gasteiger partial charge in [0.1, 0.15) is 16.5 Å². The fraction of sp³-hybridized carbons (Fsp3) is 0.372. The predicted molar refractivity (Wildman–Crippen MR) is 210 cm³/mol. The summed E-state index contributed by atoms with van der Waals surface area (Å²) in [7, 11) is 1.96. The number of halogens is 2. The molecule has 5 rings (SSSR count). The zero-order valence-corrected chi connectivity index (χ0v) is 32.6. The number of carbonyl (C=O) groups excluding carboxylic acids is 2. The summed E-state index contributed by atoms with van der Waals surface area (Å²) in [5.74, 6) is -2.50. The topological polar surface area (TPSA) is 80.6 Å². The van der Waals surface area contributed by atoms with Gasteiger partial charge in [-0.3, -0.25) is 19.3 Å². The minimum atomic E-state index is -0.713. The molecular weight excluding hydrogens is 693 g/mol. The number of ketones is 1. The van der Waals surface area contributed by atoms with Crippen LogP contribution < -0.4 is 10.7 Å². The van der Waals surface area contributed by atoms with Crippen LogP contribution in [-0.4, -0.2) is 40.4 Å². The Morgan fingerprint density at radius 3 is 2.13 bits per heavy atom. The molecule has 2 heterocycles. The quantitative estimate of drug-likeness (QED) is 0.108. The number of Topliss-reactive ketones (excluding diaryl/α,β-unsaturated/α-hetero) is 1. The highest BCUT2D eigenvalue weighted by Crippen LogP contribution is 2.39. The Morgan fingerprint density at radius 2 is 1.53 bits per heavy atom. The van der Waals surface area contributed by atoms with E-state index in [4.69, 9.17) is 4.74 Å². The van der Waals surface area contributed by atoms with Gasteiger partial charge in [-0.25, -0.2) is 8.78 Å². The Morgan fingerprint density at radius 1 is 0.887 bits per heavy atom. The highest BCUT2D eigenvalue weighted by molar-refractivity contribution is 7.22. The van der Waals surface area contributed by atoms with Gasteiger partial charge in [-0.2, -0.15) is 0 Å². The van der Waals surface area contributed by atoms with Gasteiger partial charge in [0, 0.05) is 41.3 Å². The van der Waals surface area contributed by atoms with Gasteiger partial charge in [0.05, 0.1) is 35.6 Å². The van der Waals surface area contributed by atoms with Gasteiger partial charge in [-0.1, -0.05) is 83.1 Å². The summed E-state index contributed by atoms with van der Waals surface area (Å²) in [6.07, 6.45) is 1.45. The van der Waals surface area contributed by atoms with Crippen molar-refractivity contribution in [3.05, 3.63) is 123 Å². The lowest BCUT2D eigenvalue weighted by Gasteiger charge is -2.30. The minimum absolute atomic E-state index is 0.0199. The van der Waals surface area contributed by atoms with Crippen LogP contribution in [0.15, 0.2) is 83.8 Å². The van der Waals surface area contributed by atoms with Crippen LogP contribution in [0.5, 0.6) is 0 Å². The average molecular weight is 742 g/mol. The number of thiophene rings is 1. The van der Waals surface area contributed by atoms with Crippen LogP contribution in [0.3, 0.4) is 0 Å². The largest absolute Gasteiger partial charge is 0.374 e. The third kappa shape index (κ3) is 9.18. The second kappa shape index (κ2) is 16.7. The van der Waals surface area contributed by atoms with Gasteiger partial charge in [0.2, 0.25) is 11.3 Å². The van der Waals surface area contributed by atoms with Gasteiger partial charge < -0.3 is 14.6 Å². The average Bonchev–Trinajstić information content (AvgIpc) is 3.49. The second-order valence-electron chi connectivity index (χ2n) is 15.0. The van der Waals surface area contributed by atoms with Crippen molar-refractivity contribution in [1.82, 2.24) is 9.47 Å². The van der Waals surface area contributed by atoms with Crippen molar-refractivity contribution in [2.45, 2.75) is 73.7 Å². The normalized spacial score (nSPS) is 12.6. The number of carbonyl (C=O) groups is 2. The number of rotatable bonds is 15. The molecule has 280 valence electrons. The summed E-state index contributed by atoms with van der Waals surface area (Å²) < 4.78 is 37.7. The lowest BCUT2D eigenvalue weighted by Crippen LogP contribution is -2.35. The Labute approximate surface area is 314 Å². The molecule has 0 fully saturated rings. The van der Waals surface area contributed by atoms with Crippen LogP contribution in [0.25, 0.3) is 20.7 Å². The van der Waals surface area contributed by atoms with Crippen LogP contribution in [0.2, 0.25) is 0 Å². The summed E-state index contributed by atoms with van der Waals surface area (Å²) in [6, 6.07) is 21.1. The maximum atomic E-state index is 15.0. The molecule has 0 saturated carbocycles. The van der Waals surface area contributed by atoms with Crippen molar-refractivity contribution >= 4 is 38.9 Å². The summed E-state index contributed by atoms with van der Waals surface area (Å²) in [5.41, 5.74) is 2.26. The van der Waals surface area contributed by atoms with Gasteiger partial charge in [0.25, 0.3) is 0 Å². The fourth-order valence-electron chi connectivity index (χ4n) is 5.91. The number of pyridine rings is 1. The summed E-state index contributed by atoms with van der Waals surface area (Å²) >= 11 is 1.34. The minimum Gasteiger partial charge on any atom is -0.374 e. The maximum Gasteiger partial charge on any atom is 0.229 e. The van der Waals surface area contributed by atoms with Crippen LogP contribution >= 0.6 is 11.3 Å². The number of nitrogens with zero attached hydrogens (tertiary/aromatic N) is 2. The molecule has 0 aliphatic carbocycles. The van der Waals surface area contributed by atoms with Crippen molar-refractivity contribution in [3.63, 3.8) is 0 Å². The molecule has 0 spiro atoms. The van der Waals surface area contributed by atoms with Gasteiger partial charge in [-0.15, -0.1) is 11.3 Å².